The van der Waals surface area contributed by atoms with Gasteiger partial charge in [-0.1, -0.05) is 6.58 Å². The van der Waals surface area contributed by atoms with E-state index in [-0.39, 0.29) is 35.8 Å². The summed E-state index contributed by atoms with van der Waals surface area (Å²) in [6, 6.07) is -0.212. The number of nitrogens with two attached hydrogens (primary N) is 1. The third-order valence-electron chi connectivity index (χ3n) is 4.06. The van der Waals surface area contributed by atoms with E-state index in [4.69, 9.17) is 10.5 Å². The average molecular weight is 307 g/mol. The van der Waals surface area contributed by atoms with E-state index in [0.29, 0.717) is 12.0 Å². The lowest BCUT2D eigenvalue weighted by Crippen LogP contribution is -2.17. The molecule has 0 aliphatic heterocycles. The molecule has 1 saturated carbocycles. The van der Waals surface area contributed by atoms with Gasteiger partial charge >= 0.3 is 0 Å². The van der Waals surface area contributed by atoms with Crippen LogP contribution in [0.4, 0.5) is 5.95 Å². The van der Waals surface area contributed by atoms with Crippen molar-refractivity contribution in [2.24, 2.45) is 5.92 Å². The normalized spacial score (nSPS) is 25.0. The fraction of sp³-hybridized carbons (Fsp3) is 0.462. The van der Waals surface area contributed by atoms with Crippen molar-refractivity contribution in [3.05, 3.63) is 22.5 Å². The zero-order valence-corrected chi connectivity index (χ0v) is 12.0. The van der Waals surface area contributed by atoms with Gasteiger partial charge in [-0.05, 0) is 12.0 Å². The van der Waals surface area contributed by atoms with Crippen LogP contribution >= 0.6 is 0 Å². The predicted octanol–water partition coefficient (Wildman–Crippen LogP) is -0.819. The topological polar surface area (TPSA) is 139 Å². The number of aromatic amines is 1. The number of aliphatic hydroxyl groups excluding tert-OH is 2. The van der Waals surface area contributed by atoms with Crippen LogP contribution in [-0.4, -0.2) is 49.6 Å². The van der Waals surface area contributed by atoms with Gasteiger partial charge in [0.15, 0.2) is 11.2 Å². The molecule has 0 saturated heterocycles. The third-order valence-corrected chi connectivity index (χ3v) is 4.06. The number of H-pyrrole nitrogens is 1. The van der Waals surface area contributed by atoms with Crippen LogP contribution in [0.3, 0.4) is 0 Å². The minimum atomic E-state index is -0.732. The van der Waals surface area contributed by atoms with E-state index in [2.05, 4.69) is 21.5 Å². The lowest BCUT2D eigenvalue weighted by molar-refractivity contribution is 0.101. The van der Waals surface area contributed by atoms with Crippen molar-refractivity contribution in [2.75, 3.05) is 19.5 Å². The van der Waals surface area contributed by atoms with E-state index in [1.54, 1.807) is 4.57 Å². The first kappa shape index (κ1) is 14.5. The van der Waals surface area contributed by atoms with E-state index in [0.717, 1.165) is 0 Å². The molecule has 3 atom stereocenters. The van der Waals surface area contributed by atoms with Gasteiger partial charge in [-0.15, -0.1) is 0 Å². The number of hydrogen-bond donors (Lipinski definition) is 4. The zero-order chi connectivity index (χ0) is 16.0. The first-order valence-electron chi connectivity index (χ1n) is 6.77. The highest BCUT2D eigenvalue weighted by Gasteiger charge is 2.39. The standard InChI is InChI=1S/C13H17N5O4/c1-5-6(4-19)8(20)3-7(5)18-10-9(15-13(18)22-2)11(21)17-12(14)16-10/h6-8,19-20H,1,3-4H2,2H3,(H3,14,16,17,21)/t6-,7+,8-/m0/s1. The monoisotopic (exact) mass is 307 g/mol. The van der Waals surface area contributed by atoms with Crippen LogP contribution in [-0.2, 0) is 0 Å². The summed E-state index contributed by atoms with van der Waals surface area (Å²) >= 11 is 0. The molecular formula is C13H17N5O4. The molecule has 2 aromatic heterocycles. The molecule has 5 N–H and O–H groups in total. The summed E-state index contributed by atoms with van der Waals surface area (Å²) in [5, 5.41) is 19.4. The number of nitrogens with one attached hydrogen (secondary N) is 1. The molecule has 0 spiro atoms. The predicted molar refractivity (Wildman–Crippen MR) is 78.5 cm³/mol. The molecule has 0 bridgehead atoms. The highest BCUT2D eigenvalue weighted by atomic mass is 16.5. The molecule has 0 aromatic carbocycles. The first-order chi connectivity index (χ1) is 10.5. The second kappa shape index (κ2) is 5.11. The van der Waals surface area contributed by atoms with Crippen LogP contribution in [0.1, 0.15) is 12.5 Å². The highest BCUT2D eigenvalue weighted by Crippen LogP contribution is 2.41. The van der Waals surface area contributed by atoms with Gasteiger partial charge in [0, 0.05) is 5.92 Å². The van der Waals surface area contributed by atoms with Crippen molar-refractivity contribution < 1.29 is 14.9 Å². The number of ether oxygens (including phenoxy) is 1. The van der Waals surface area contributed by atoms with Gasteiger partial charge < -0.3 is 20.7 Å². The van der Waals surface area contributed by atoms with E-state index in [9.17, 15) is 15.0 Å². The van der Waals surface area contributed by atoms with Gasteiger partial charge in [0.2, 0.25) is 5.95 Å². The summed E-state index contributed by atoms with van der Waals surface area (Å²) < 4.78 is 6.81. The molecule has 1 aliphatic carbocycles. The Kier molecular flexibility index (Phi) is 3.38. The smallest absolute Gasteiger partial charge is 0.299 e. The first-order valence-corrected chi connectivity index (χ1v) is 6.77. The quantitative estimate of drug-likeness (QED) is 0.543. The molecule has 9 nitrogen and oxygen atoms in total. The Morgan fingerprint density at radius 3 is 2.86 bits per heavy atom. The van der Waals surface area contributed by atoms with Crippen molar-refractivity contribution in [1.82, 2.24) is 19.5 Å². The minimum Gasteiger partial charge on any atom is -0.468 e. The number of fused-ring (bicyclic) bond motifs is 1. The molecule has 0 radical (unpaired) electrons. The number of nitrogen functional groups attached to an aromatic ring is 1. The number of aromatic nitrogens is 4. The van der Waals surface area contributed by atoms with Crippen molar-refractivity contribution >= 4 is 17.1 Å². The summed E-state index contributed by atoms with van der Waals surface area (Å²) in [5.41, 5.74) is 6.12. The second-order valence-electron chi connectivity index (χ2n) is 5.27. The molecule has 118 valence electrons. The number of methoxy groups -OCH3 is 1. The number of imidazole rings is 1. The van der Waals surface area contributed by atoms with Gasteiger partial charge in [0.25, 0.3) is 11.6 Å². The Morgan fingerprint density at radius 1 is 1.55 bits per heavy atom. The van der Waals surface area contributed by atoms with Crippen LogP contribution in [0.15, 0.2) is 16.9 Å². The van der Waals surface area contributed by atoms with Crippen molar-refractivity contribution in [2.45, 2.75) is 18.6 Å². The maximum Gasteiger partial charge on any atom is 0.299 e. The minimum absolute atomic E-state index is 0.0378. The van der Waals surface area contributed by atoms with Crippen LogP contribution in [0.25, 0.3) is 11.2 Å². The van der Waals surface area contributed by atoms with E-state index in [1.807, 2.05) is 0 Å². The molecule has 1 aliphatic rings. The van der Waals surface area contributed by atoms with Crippen LogP contribution in [0, 0.1) is 5.92 Å². The van der Waals surface area contributed by atoms with Gasteiger partial charge in [-0.25, -0.2) is 0 Å². The molecule has 0 unspecified atom stereocenters. The molecule has 1 fully saturated rings. The largest absolute Gasteiger partial charge is 0.468 e. The molecule has 22 heavy (non-hydrogen) atoms. The van der Waals surface area contributed by atoms with Crippen LogP contribution in [0.5, 0.6) is 6.01 Å². The summed E-state index contributed by atoms with van der Waals surface area (Å²) in [4.78, 5) is 22.6. The molecule has 3 rings (SSSR count). The van der Waals surface area contributed by atoms with Gasteiger partial charge in [-0.3, -0.25) is 14.3 Å². The Balaban J connectivity index is 2.22. The summed E-state index contributed by atoms with van der Waals surface area (Å²) in [5.74, 6) is -0.476. The van der Waals surface area contributed by atoms with Crippen molar-refractivity contribution in [3.8, 4) is 6.01 Å². The van der Waals surface area contributed by atoms with Crippen molar-refractivity contribution in [1.29, 1.82) is 0 Å². The lowest BCUT2D eigenvalue weighted by atomic mass is 10.0. The molecular weight excluding hydrogens is 290 g/mol. The Hall–Kier alpha value is -2.39. The molecule has 2 heterocycles. The van der Waals surface area contributed by atoms with Crippen LogP contribution in [0.2, 0.25) is 0 Å². The van der Waals surface area contributed by atoms with Gasteiger partial charge in [0.05, 0.1) is 25.9 Å². The van der Waals surface area contributed by atoms with Crippen LogP contribution < -0.4 is 16.0 Å². The summed E-state index contributed by atoms with van der Waals surface area (Å²) in [7, 11) is 1.42. The summed E-state index contributed by atoms with van der Waals surface area (Å²) in [6.45, 7) is 3.75. The SMILES string of the molecule is C=C1[C@H](n2c(OC)nc3c(=O)[nH]c(N)nc32)C[C@H](O)[C@H]1CO. The fourth-order valence-corrected chi connectivity index (χ4v) is 2.95. The fourth-order valence-electron chi connectivity index (χ4n) is 2.95. The van der Waals surface area contributed by atoms with Crippen molar-refractivity contribution in [3.63, 3.8) is 0 Å². The maximum absolute atomic E-state index is 11.9. The highest BCUT2D eigenvalue weighted by molar-refractivity contribution is 5.73. The third kappa shape index (κ3) is 1.97. The van der Waals surface area contributed by atoms with Gasteiger partial charge in [0.1, 0.15) is 0 Å². The zero-order valence-electron chi connectivity index (χ0n) is 12.0. The number of nitrogens with zero attached hydrogens (tertiary/aromatic N) is 3. The molecule has 9 heteroatoms. The van der Waals surface area contributed by atoms with Gasteiger partial charge in [-0.2, -0.15) is 9.97 Å². The Bertz CT molecular complexity index is 796. The Morgan fingerprint density at radius 2 is 2.27 bits per heavy atom. The lowest BCUT2D eigenvalue weighted by Gasteiger charge is -2.17. The average Bonchev–Trinajstić information content (AvgIpc) is 2.96. The number of anilines is 1. The molecule has 0 amide bonds. The Labute approximate surface area is 125 Å². The number of aliphatic hydroxyl groups is 2. The summed E-state index contributed by atoms with van der Waals surface area (Å²) in [6.07, 6.45) is -0.413. The number of hydrogen-bond acceptors (Lipinski definition) is 7. The second-order valence-corrected chi connectivity index (χ2v) is 5.27. The van der Waals surface area contributed by atoms with E-state index in [1.165, 1.54) is 7.11 Å². The van der Waals surface area contributed by atoms with E-state index >= 15 is 0 Å². The van der Waals surface area contributed by atoms with E-state index < -0.39 is 17.6 Å². The number of rotatable bonds is 3. The molecule has 2 aromatic rings. The maximum atomic E-state index is 11.9.